The molecule has 0 saturated carbocycles. The maximum absolute atomic E-state index is 13.1. The molecule has 0 aromatic carbocycles. The number of hydrogen-bond acceptors (Lipinski definition) is 6. The summed E-state index contributed by atoms with van der Waals surface area (Å²) in [4.78, 5) is 21.6. The zero-order valence-corrected chi connectivity index (χ0v) is 19.6. The number of thioether (sulfide) groups is 1. The third-order valence-electron chi connectivity index (χ3n) is 6.90. The Morgan fingerprint density at radius 1 is 1.12 bits per heavy atom. The number of carbonyl (C=O) groups excluding carboxylic acids is 1. The van der Waals surface area contributed by atoms with Crippen LogP contribution in [0.1, 0.15) is 5.69 Å². The topological polar surface area (TPSA) is 57.5 Å². The predicted octanol–water partition coefficient (Wildman–Crippen LogP) is 2.31. The molecule has 6 heterocycles. The summed E-state index contributed by atoms with van der Waals surface area (Å²) in [6.07, 6.45) is 12.3. The molecule has 33 heavy (non-hydrogen) atoms. The van der Waals surface area contributed by atoms with Crippen LogP contribution in [0.5, 0.6) is 0 Å². The summed E-state index contributed by atoms with van der Waals surface area (Å²) in [6, 6.07) is 6.14. The molecule has 2 fully saturated rings. The lowest BCUT2D eigenvalue weighted by Gasteiger charge is -2.44. The number of quaternary nitrogens is 1. The summed E-state index contributed by atoms with van der Waals surface area (Å²) in [7, 11) is 0. The molecule has 9 heteroatoms. The van der Waals surface area contributed by atoms with Gasteiger partial charge in [-0.1, -0.05) is 0 Å². The van der Waals surface area contributed by atoms with Gasteiger partial charge in [0.05, 0.1) is 35.9 Å². The Morgan fingerprint density at radius 2 is 1.94 bits per heavy atom. The first kappa shape index (κ1) is 20.7. The number of nitrogens with zero attached hydrogens (tertiary/aromatic N) is 7. The zero-order valence-electron chi connectivity index (χ0n) is 18.8. The van der Waals surface area contributed by atoms with E-state index in [1.54, 1.807) is 12.4 Å². The fraction of sp³-hybridized carbons (Fsp3) is 0.375. The Labute approximate surface area is 198 Å². The lowest BCUT2D eigenvalue weighted by molar-refractivity contribution is -0.948. The summed E-state index contributed by atoms with van der Waals surface area (Å²) >= 11 is 1.83. The molecule has 8 nitrogen and oxygen atoms in total. The first-order valence-corrected chi connectivity index (χ1v) is 12.6. The highest BCUT2D eigenvalue weighted by molar-refractivity contribution is 7.99. The quantitative estimate of drug-likeness (QED) is 0.650. The monoisotopic (exact) mass is 462 g/mol. The third-order valence-corrected chi connectivity index (χ3v) is 7.87. The molecule has 2 aromatic rings. The smallest absolute Gasteiger partial charge is 0.256 e. The van der Waals surface area contributed by atoms with Crippen molar-refractivity contribution in [3.63, 3.8) is 0 Å². The number of aromatic nitrogens is 3. The van der Waals surface area contributed by atoms with Gasteiger partial charge < -0.3 is 9.80 Å². The van der Waals surface area contributed by atoms with Crippen LogP contribution >= 0.6 is 11.8 Å². The molecule has 0 bridgehead atoms. The molecule has 1 atom stereocenters. The molecule has 4 aliphatic rings. The van der Waals surface area contributed by atoms with Crippen LogP contribution in [0.25, 0.3) is 5.69 Å². The van der Waals surface area contributed by atoms with Crippen molar-refractivity contribution in [2.75, 3.05) is 55.8 Å². The lowest BCUT2D eigenvalue weighted by Crippen LogP contribution is -2.60. The summed E-state index contributed by atoms with van der Waals surface area (Å²) in [5.41, 5.74) is 4.17. The Kier molecular flexibility index (Phi) is 5.12. The van der Waals surface area contributed by atoms with E-state index in [0.717, 1.165) is 73.7 Å². The molecule has 0 aliphatic carbocycles. The predicted molar refractivity (Wildman–Crippen MR) is 129 cm³/mol. The molecule has 4 aliphatic heterocycles. The van der Waals surface area contributed by atoms with E-state index in [9.17, 15) is 4.79 Å². The number of fused-ring (bicyclic) bond motifs is 1. The summed E-state index contributed by atoms with van der Waals surface area (Å²) in [5.74, 6) is 3.18. The minimum absolute atomic E-state index is 0.205. The number of rotatable bonds is 4. The number of allylic oxidation sites excluding steroid dienone is 3. The number of amides is 1. The first-order valence-electron chi connectivity index (χ1n) is 11.5. The highest BCUT2D eigenvalue weighted by Gasteiger charge is 2.48. The summed E-state index contributed by atoms with van der Waals surface area (Å²) in [5, 5.41) is 7.23. The van der Waals surface area contributed by atoms with Gasteiger partial charge in [-0.05, 0) is 25.1 Å². The number of carbonyl (C=O) groups is 1. The van der Waals surface area contributed by atoms with Gasteiger partial charge in [-0.3, -0.25) is 9.78 Å². The third kappa shape index (κ3) is 3.51. The van der Waals surface area contributed by atoms with E-state index in [-0.39, 0.29) is 5.91 Å². The van der Waals surface area contributed by atoms with Crippen molar-refractivity contribution >= 4 is 23.5 Å². The SMILES string of the molecule is Cc1cc(N2CCN([N@@+]34C=CC=C3C=C(C(=O)N3CCSC3)C4)CC2)n(-c2ccncc2)n1. The first-order chi connectivity index (χ1) is 16.1. The maximum Gasteiger partial charge on any atom is 0.256 e. The molecule has 1 amide bonds. The van der Waals surface area contributed by atoms with Crippen LogP contribution in [0.3, 0.4) is 0 Å². The standard InChI is InChI=1S/C24H28N7OS/c1-19-15-23(30(26-19)21-4-6-25-7-5-21)27-8-10-29(11-9-27)31-13-2-3-22(31)16-20(17-31)24(32)28-12-14-33-18-28/h2-7,13,15-16H,8-12,14,17-18H2,1H3/q+1/t31-/m1/s1. The highest BCUT2D eigenvalue weighted by Crippen LogP contribution is 2.38. The van der Waals surface area contributed by atoms with Crippen molar-refractivity contribution in [2.24, 2.45) is 0 Å². The van der Waals surface area contributed by atoms with Crippen molar-refractivity contribution in [2.45, 2.75) is 6.92 Å². The van der Waals surface area contributed by atoms with Crippen LogP contribution in [0, 0.1) is 6.92 Å². The molecule has 0 radical (unpaired) electrons. The Morgan fingerprint density at radius 3 is 2.70 bits per heavy atom. The summed E-state index contributed by atoms with van der Waals surface area (Å²) < 4.78 is 2.67. The van der Waals surface area contributed by atoms with E-state index in [4.69, 9.17) is 5.10 Å². The average molecular weight is 463 g/mol. The van der Waals surface area contributed by atoms with E-state index in [2.05, 4.69) is 45.4 Å². The van der Waals surface area contributed by atoms with E-state index in [1.165, 1.54) is 5.70 Å². The second kappa shape index (κ2) is 8.16. The van der Waals surface area contributed by atoms with Gasteiger partial charge in [-0.15, -0.1) is 16.8 Å². The fourth-order valence-corrected chi connectivity index (χ4v) is 6.16. The molecule has 2 saturated heterocycles. The summed E-state index contributed by atoms with van der Waals surface area (Å²) in [6.45, 7) is 7.26. The van der Waals surface area contributed by atoms with Crippen LogP contribution in [-0.4, -0.2) is 86.1 Å². The fourth-order valence-electron chi connectivity index (χ4n) is 5.22. The van der Waals surface area contributed by atoms with Crippen LogP contribution in [-0.2, 0) is 4.79 Å². The maximum atomic E-state index is 13.1. The second-order valence-corrected chi connectivity index (χ2v) is 9.97. The molecule has 2 aromatic heterocycles. The highest BCUT2D eigenvalue weighted by atomic mass is 32.2. The normalized spacial score (nSPS) is 24.9. The van der Waals surface area contributed by atoms with Gasteiger partial charge in [0.25, 0.3) is 5.91 Å². The number of aryl methyl sites for hydroxylation is 1. The van der Waals surface area contributed by atoms with E-state index >= 15 is 0 Å². The Hall–Kier alpha value is -2.88. The van der Waals surface area contributed by atoms with Crippen LogP contribution in [0.15, 0.2) is 66.3 Å². The minimum atomic E-state index is 0.205. The Balaban J connectivity index is 1.18. The molecule has 0 unspecified atom stereocenters. The lowest BCUT2D eigenvalue weighted by atomic mass is 10.2. The van der Waals surface area contributed by atoms with Gasteiger partial charge in [0, 0.05) is 56.0 Å². The Bertz CT molecular complexity index is 1160. The van der Waals surface area contributed by atoms with Crippen molar-refractivity contribution < 1.29 is 9.39 Å². The van der Waals surface area contributed by atoms with E-state index < -0.39 is 0 Å². The molecule has 170 valence electrons. The number of hydrogen-bond donors (Lipinski definition) is 0. The van der Waals surface area contributed by atoms with Gasteiger partial charge >= 0.3 is 0 Å². The number of anilines is 1. The van der Waals surface area contributed by atoms with Crippen LogP contribution in [0.4, 0.5) is 5.82 Å². The zero-order chi connectivity index (χ0) is 22.4. The number of piperazine rings is 1. The van der Waals surface area contributed by atoms with Gasteiger partial charge in [0.15, 0.2) is 5.70 Å². The van der Waals surface area contributed by atoms with Crippen LogP contribution < -0.4 is 4.90 Å². The van der Waals surface area contributed by atoms with Crippen molar-refractivity contribution in [3.8, 4) is 5.69 Å². The largest absolute Gasteiger partial charge is 0.353 e. The van der Waals surface area contributed by atoms with Crippen LogP contribution in [0.2, 0.25) is 0 Å². The van der Waals surface area contributed by atoms with Crippen molar-refractivity contribution in [3.05, 3.63) is 72.0 Å². The average Bonchev–Trinajstić information content (AvgIpc) is 3.62. The van der Waals surface area contributed by atoms with E-state index in [0.29, 0.717) is 4.59 Å². The molecule has 0 N–H and O–H groups in total. The minimum Gasteiger partial charge on any atom is -0.353 e. The number of pyridine rings is 1. The van der Waals surface area contributed by atoms with Gasteiger partial charge in [0.2, 0.25) is 0 Å². The van der Waals surface area contributed by atoms with Crippen molar-refractivity contribution in [1.29, 1.82) is 0 Å². The molecule has 0 spiro atoms. The molecular formula is C24H28N7OS+. The van der Waals surface area contributed by atoms with Gasteiger partial charge in [-0.25, -0.2) is 4.68 Å². The van der Waals surface area contributed by atoms with Gasteiger partial charge in [-0.2, -0.15) is 9.69 Å². The molecular weight excluding hydrogens is 434 g/mol. The molecule has 6 rings (SSSR count). The van der Waals surface area contributed by atoms with Gasteiger partial charge in [0.1, 0.15) is 18.6 Å². The van der Waals surface area contributed by atoms with E-state index in [1.807, 2.05) is 40.4 Å². The van der Waals surface area contributed by atoms with Crippen molar-refractivity contribution in [1.82, 2.24) is 24.7 Å². The second-order valence-electron chi connectivity index (χ2n) is 8.90.